The Morgan fingerprint density at radius 1 is 1.11 bits per heavy atom. The van der Waals surface area contributed by atoms with Gasteiger partial charge in [-0.2, -0.15) is 5.10 Å². The van der Waals surface area contributed by atoms with Crippen molar-refractivity contribution in [2.75, 3.05) is 11.9 Å². The minimum absolute atomic E-state index is 0.0478. The zero-order valence-electron chi connectivity index (χ0n) is 18.9. The van der Waals surface area contributed by atoms with Crippen molar-refractivity contribution in [2.45, 2.75) is 6.92 Å². The third kappa shape index (κ3) is 6.05. The van der Waals surface area contributed by atoms with Crippen LogP contribution < -0.4 is 15.5 Å². The normalized spacial score (nSPS) is 10.9. The third-order valence-corrected chi connectivity index (χ3v) is 5.26. The fraction of sp³-hybridized carbons (Fsp3) is 0.0800. The Morgan fingerprint density at radius 2 is 1.89 bits per heavy atom. The maximum absolute atomic E-state index is 12.3. The number of hydrogen-bond acceptors (Lipinski definition) is 7. The lowest BCUT2D eigenvalue weighted by molar-refractivity contribution is -0.384. The molecule has 2 N–H and O–H groups in total. The van der Waals surface area contributed by atoms with E-state index in [-0.39, 0.29) is 29.0 Å². The van der Waals surface area contributed by atoms with Crippen LogP contribution in [0.15, 0.2) is 76.2 Å². The highest BCUT2D eigenvalue weighted by Gasteiger charge is 2.14. The number of fused-ring (bicyclic) bond motifs is 1. The van der Waals surface area contributed by atoms with E-state index in [1.807, 2.05) is 19.1 Å². The van der Waals surface area contributed by atoms with Gasteiger partial charge in [0.05, 0.1) is 16.2 Å². The molecule has 1 heterocycles. The lowest BCUT2D eigenvalue weighted by Gasteiger charge is -2.09. The Kier molecular flexibility index (Phi) is 7.26. The molecule has 10 nitrogen and oxygen atoms in total. The van der Waals surface area contributed by atoms with Gasteiger partial charge in [-0.15, -0.1) is 0 Å². The summed E-state index contributed by atoms with van der Waals surface area (Å²) in [4.78, 5) is 34.8. The van der Waals surface area contributed by atoms with Crippen molar-refractivity contribution in [1.82, 2.24) is 5.43 Å². The molecule has 0 radical (unpaired) electrons. The molecule has 11 heteroatoms. The average Bonchev–Trinajstić information content (AvgIpc) is 3.28. The van der Waals surface area contributed by atoms with Gasteiger partial charge in [-0.1, -0.05) is 29.3 Å². The molecular weight excluding hydrogens is 488 g/mol. The number of hydrazone groups is 1. The number of non-ortho nitro benzene ring substituents is 1. The zero-order valence-corrected chi connectivity index (χ0v) is 19.6. The van der Waals surface area contributed by atoms with Crippen LogP contribution in [0.2, 0.25) is 5.02 Å². The highest BCUT2D eigenvalue weighted by Crippen LogP contribution is 2.26. The van der Waals surface area contributed by atoms with Crippen molar-refractivity contribution < 1.29 is 23.7 Å². The van der Waals surface area contributed by atoms with Gasteiger partial charge in [-0.05, 0) is 55.0 Å². The van der Waals surface area contributed by atoms with E-state index in [0.717, 1.165) is 5.56 Å². The molecule has 0 atom stereocenters. The van der Waals surface area contributed by atoms with E-state index >= 15 is 0 Å². The molecule has 4 aromatic rings. The van der Waals surface area contributed by atoms with Gasteiger partial charge in [0.1, 0.15) is 11.3 Å². The molecule has 3 aromatic carbocycles. The molecule has 4 rings (SSSR count). The topological polar surface area (TPSA) is 136 Å². The molecular formula is C25H19ClN4O6. The molecule has 0 bridgehead atoms. The highest BCUT2D eigenvalue weighted by molar-refractivity contribution is 6.32. The SMILES string of the molecule is Cc1ccc(NC(=O)COc2ccc(/C=N/NC(=O)c3cc4cc([N+](=O)[O-])ccc4o3)cc2Cl)cc1. The number of nitro groups is 1. The third-order valence-electron chi connectivity index (χ3n) is 4.96. The summed E-state index contributed by atoms with van der Waals surface area (Å²) in [6.45, 7) is 1.73. The number of benzene rings is 3. The van der Waals surface area contributed by atoms with Gasteiger partial charge in [0.15, 0.2) is 12.4 Å². The number of aryl methyl sites for hydroxylation is 1. The van der Waals surface area contributed by atoms with Gasteiger partial charge >= 0.3 is 5.91 Å². The predicted octanol–water partition coefficient (Wildman–Crippen LogP) is 5.08. The number of carbonyl (C=O) groups excluding carboxylic acids is 2. The highest BCUT2D eigenvalue weighted by atomic mass is 35.5. The van der Waals surface area contributed by atoms with Crippen LogP contribution in [0.4, 0.5) is 11.4 Å². The number of furan rings is 1. The van der Waals surface area contributed by atoms with Crippen molar-refractivity contribution >= 4 is 52.0 Å². The molecule has 1 aromatic heterocycles. The van der Waals surface area contributed by atoms with Crippen LogP contribution >= 0.6 is 11.6 Å². The van der Waals surface area contributed by atoms with Crippen molar-refractivity contribution in [1.29, 1.82) is 0 Å². The maximum atomic E-state index is 12.3. The predicted molar refractivity (Wildman–Crippen MR) is 135 cm³/mol. The Hall–Kier alpha value is -4.70. The van der Waals surface area contributed by atoms with Gasteiger partial charge in [0.25, 0.3) is 11.6 Å². The van der Waals surface area contributed by atoms with Gasteiger partial charge in [-0.3, -0.25) is 19.7 Å². The number of rotatable bonds is 8. The number of nitrogens with one attached hydrogen (secondary N) is 2. The minimum atomic E-state index is -0.629. The Bertz CT molecular complexity index is 1480. The summed E-state index contributed by atoms with van der Waals surface area (Å²) in [7, 11) is 0. The van der Waals surface area contributed by atoms with E-state index in [2.05, 4.69) is 15.8 Å². The maximum Gasteiger partial charge on any atom is 0.307 e. The monoisotopic (exact) mass is 506 g/mol. The summed E-state index contributed by atoms with van der Waals surface area (Å²) >= 11 is 6.24. The molecule has 0 fully saturated rings. The number of nitrogens with zero attached hydrogens (tertiary/aromatic N) is 2. The molecule has 0 saturated heterocycles. The summed E-state index contributed by atoms with van der Waals surface area (Å²) < 4.78 is 10.9. The quantitative estimate of drug-likeness (QED) is 0.194. The minimum Gasteiger partial charge on any atom is -0.482 e. The molecule has 0 aliphatic heterocycles. The lowest BCUT2D eigenvalue weighted by atomic mass is 10.2. The summed E-state index contributed by atoms with van der Waals surface area (Å²) in [6.07, 6.45) is 1.37. The number of nitro benzene ring substituents is 1. The zero-order chi connectivity index (χ0) is 25.7. The van der Waals surface area contributed by atoms with Crippen molar-refractivity contribution in [3.63, 3.8) is 0 Å². The fourth-order valence-corrected chi connectivity index (χ4v) is 3.41. The number of carbonyl (C=O) groups is 2. The van der Waals surface area contributed by atoms with E-state index in [0.29, 0.717) is 28.0 Å². The first-order chi connectivity index (χ1) is 17.3. The molecule has 0 unspecified atom stereocenters. The summed E-state index contributed by atoms with van der Waals surface area (Å²) in [6, 6.07) is 17.6. The second kappa shape index (κ2) is 10.7. The molecule has 0 spiro atoms. The van der Waals surface area contributed by atoms with E-state index < -0.39 is 10.8 Å². The number of anilines is 1. The summed E-state index contributed by atoms with van der Waals surface area (Å²) in [5.41, 5.74) is 4.87. The van der Waals surface area contributed by atoms with Gasteiger partial charge < -0.3 is 14.5 Å². The van der Waals surface area contributed by atoms with E-state index in [4.69, 9.17) is 20.8 Å². The van der Waals surface area contributed by atoms with E-state index in [1.54, 1.807) is 30.3 Å². The second-order valence-corrected chi connectivity index (χ2v) is 8.09. The van der Waals surface area contributed by atoms with Crippen LogP contribution in [-0.2, 0) is 4.79 Å². The Morgan fingerprint density at radius 3 is 2.61 bits per heavy atom. The van der Waals surface area contributed by atoms with Crippen molar-refractivity contribution in [3.8, 4) is 5.75 Å². The van der Waals surface area contributed by atoms with Gasteiger partial charge in [-0.25, -0.2) is 5.43 Å². The first-order valence-corrected chi connectivity index (χ1v) is 11.0. The van der Waals surface area contributed by atoms with Crippen LogP contribution in [0.1, 0.15) is 21.7 Å². The first kappa shape index (κ1) is 24.4. The Labute approximate surface area is 209 Å². The molecule has 2 amide bonds. The molecule has 36 heavy (non-hydrogen) atoms. The Balaban J connectivity index is 1.31. The second-order valence-electron chi connectivity index (χ2n) is 7.68. The molecule has 182 valence electrons. The molecule has 0 aliphatic rings. The number of halogens is 1. The van der Waals surface area contributed by atoms with Crippen LogP contribution in [0, 0.1) is 17.0 Å². The van der Waals surface area contributed by atoms with E-state index in [1.165, 1.54) is 30.5 Å². The summed E-state index contributed by atoms with van der Waals surface area (Å²) in [5, 5.41) is 18.2. The van der Waals surface area contributed by atoms with Gasteiger partial charge in [0, 0.05) is 23.2 Å². The van der Waals surface area contributed by atoms with Gasteiger partial charge in [0.2, 0.25) is 0 Å². The van der Waals surface area contributed by atoms with E-state index in [9.17, 15) is 19.7 Å². The summed E-state index contributed by atoms with van der Waals surface area (Å²) in [5.74, 6) is -0.694. The van der Waals surface area contributed by atoms with Crippen LogP contribution in [0.25, 0.3) is 11.0 Å². The fourth-order valence-electron chi connectivity index (χ4n) is 3.17. The lowest BCUT2D eigenvalue weighted by Crippen LogP contribution is -2.20. The van der Waals surface area contributed by atoms with Crippen LogP contribution in [-0.4, -0.2) is 29.6 Å². The van der Waals surface area contributed by atoms with Crippen LogP contribution in [0.3, 0.4) is 0 Å². The largest absolute Gasteiger partial charge is 0.482 e. The van der Waals surface area contributed by atoms with Crippen molar-refractivity contribution in [2.24, 2.45) is 5.10 Å². The molecule has 0 saturated carbocycles. The average molecular weight is 507 g/mol. The molecule has 0 aliphatic carbocycles. The smallest absolute Gasteiger partial charge is 0.307 e. The van der Waals surface area contributed by atoms with Crippen LogP contribution in [0.5, 0.6) is 5.75 Å². The first-order valence-electron chi connectivity index (χ1n) is 10.6. The number of amides is 2. The number of ether oxygens (including phenoxy) is 1. The van der Waals surface area contributed by atoms with Crippen molar-refractivity contribution in [3.05, 3.63) is 98.8 Å². The standard InChI is InChI=1S/C25H19ClN4O6/c1-15-2-5-18(6-3-15)28-24(31)14-35-22-8-4-16(10-20(22)26)13-27-29-25(32)23-12-17-11-19(30(33)34)7-9-21(17)36-23/h2-13H,14H2,1H3,(H,28,31)(H,29,32)/b27-13+. The number of hydrogen-bond donors (Lipinski definition) is 2.